The van der Waals surface area contributed by atoms with E-state index in [2.05, 4.69) is 49.8 Å². The lowest BCUT2D eigenvalue weighted by molar-refractivity contribution is 0.0585. The number of piperazine rings is 1. The van der Waals surface area contributed by atoms with Crippen LogP contribution in [-0.2, 0) is 24.2 Å². The Kier molecular flexibility index (Phi) is 7.77. The van der Waals surface area contributed by atoms with Gasteiger partial charge in [-0.2, -0.15) is 0 Å². The number of ether oxygens (including phenoxy) is 1. The van der Waals surface area contributed by atoms with Gasteiger partial charge in [0.1, 0.15) is 11.6 Å². The summed E-state index contributed by atoms with van der Waals surface area (Å²) in [6.07, 6.45) is 3.60. The lowest BCUT2D eigenvalue weighted by Crippen LogP contribution is -2.46. The molecule has 0 N–H and O–H groups in total. The van der Waals surface area contributed by atoms with Crippen molar-refractivity contribution in [3.05, 3.63) is 75.9 Å². The van der Waals surface area contributed by atoms with E-state index in [0.29, 0.717) is 18.8 Å². The number of rotatable bonds is 8. The maximum atomic E-state index is 12.9. The standard InChI is InChI=1S/C25H30BrN5O2/c1-3-6-23-28-21(18-29-13-15-30(16-14-29)22-7-4-5-12-27-22)24(25(32)33-2)31(23)17-19-8-10-20(26)11-9-19/h4-5,7-12H,3,6,13-18H2,1-2H3. The van der Waals surface area contributed by atoms with Crippen molar-refractivity contribution in [2.45, 2.75) is 32.9 Å². The van der Waals surface area contributed by atoms with Crippen molar-refractivity contribution in [1.82, 2.24) is 19.4 Å². The molecule has 0 spiro atoms. The maximum Gasteiger partial charge on any atom is 0.356 e. The van der Waals surface area contributed by atoms with Crippen molar-refractivity contribution in [3.8, 4) is 0 Å². The third kappa shape index (κ3) is 5.62. The molecule has 1 aliphatic rings. The van der Waals surface area contributed by atoms with Crippen molar-refractivity contribution in [3.63, 3.8) is 0 Å². The molecule has 33 heavy (non-hydrogen) atoms. The quantitative estimate of drug-likeness (QED) is 0.423. The number of halogens is 1. The van der Waals surface area contributed by atoms with Crippen LogP contribution in [0.2, 0.25) is 0 Å². The van der Waals surface area contributed by atoms with E-state index in [-0.39, 0.29) is 5.97 Å². The number of pyridine rings is 1. The van der Waals surface area contributed by atoms with Gasteiger partial charge in [0.25, 0.3) is 0 Å². The normalized spacial score (nSPS) is 14.5. The zero-order valence-corrected chi connectivity index (χ0v) is 20.8. The molecule has 1 saturated heterocycles. The first-order chi connectivity index (χ1) is 16.1. The molecule has 0 atom stereocenters. The van der Waals surface area contributed by atoms with Crippen molar-refractivity contribution in [2.24, 2.45) is 0 Å². The van der Waals surface area contributed by atoms with Gasteiger partial charge in [-0.3, -0.25) is 4.90 Å². The first kappa shape index (κ1) is 23.4. The summed E-state index contributed by atoms with van der Waals surface area (Å²) < 4.78 is 8.26. The van der Waals surface area contributed by atoms with Gasteiger partial charge in [-0.15, -0.1) is 0 Å². The molecule has 7 nitrogen and oxygen atoms in total. The highest BCUT2D eigenvalue weighted by Gasteiger charge is 2.26. The number of hydrogen-bond acceptors (Lipinski definition) is 6. The lowest BCUT2D eigenvalue weighted by atomic mass is 10.2. The predicted octanol–water partition coefficient (Wildman–Crippen LogP) is 4.15. The molecule has 0 aliphatic carbocycles. The van der Waals surface area contributed by atoms with E-state index < -0.39 is 0 Å². The Bertz CT molecular complexity index is 1060. The van der Waals surface area contributed by atoms with Crippen LogP contribution in [0.5, 0.6) is 0 Å². The Morgan fingerprint density at radius 1 is 1.06 bits per heavy atom. The highest BCUT2D eigenvalue weighted by atomic mass is 79.9. The number of hydrogen-bond donors (Lipinski definition) is 0. The monoisotopic (exact) mass is 511 g/mol. The van der Waals surface area contributed by atoms with Gasteiger partial charge in [0.2, 0.25) is 0 Å². The smallest absolute Gasteiger partial charge is 0.356 e. The Balaban J connectivity index is 1.56. The maximum absolute atomic E-state index is 12.9. The van der Waals surface area contributed by atoms with Gasteiger partial charge >= 0.3 is 5.97 Å². The zero-order valence-electron chi connectivity index (χ0n) is 19.2. The van der Waals surface area contributed by atoms with E-state index in [0.717, 1.165) is 66.4 Å². The molecule has 0 amide bonds. The Labute approximate surface area is 203 Å². The number of benzene rings is 1. The average molecular weight is 512 g/mol. The van der Waals surface area contributed by atoms with E-state index in [1.54, 1.807) is 0 Å². The van der Waals surface area contributed by atoms with Crippen LogP contribution in [0.4, 0.5) is 5.82 Å². The molecular weight excluding hydrogens is 482 g/mol. The molecule has 0 saturated carbocycles. The van der Waals surface area contributed by atoms with Crippen LogP contribution in [-0.4, -0.2) is 58.7 Å². The number of aryl methyl sites for hydroxylation is 1. The molecule has 2 aromatic heterocycles. The average Bonchev–Trinajstić information content (AvgIpc) is 3.17. The molecule has 1 aliphatic heterocycles. The van der Waals surface area contributed by atoms with Gasteiger partial charge in [-0.1, -0.05) is 41.1 Å². The number of imidazole rings is 1. The van der Waals surface area contributed by atoms with Crippen LogP contribution < -0.4 is 4.90 Å². The van der Waals surface area contributed by atoms with E-state index in [4.69, 9.17) is 9.72 Å². The Morgan fingerprint density at radius 3 is 2.45 bits per heavy atom. The summed E-state index contributed by atoms with van der Waals surface area (Å²) in [7, 11) is 1.44. The van der Waals surface area contributed by atoms with Crippen LogP contribution in [0.1, 0.15) is 40.9 Å². The van der Waals surface area contributed by atoms with Crippen LogP contribution in [0.15, 0.2) is 53.1 Å². The summed E-state index contributed by atoms with van der Waals surface area (Å²) in [5, 5.41) is 0. The summed E-state index contributed by atoms with van der Waals surface area (Å²) in [5.41, 5.74) is 2.48. The number of nitrogens with zero attached hydrogens (tertiary/aromatic N) is 5. The molecule has 3 heterocycles. The largest absolute Gasteiger partial charge is 0.464 e. The first-order valence-electron chi connectivity index (χ1n) is 11.4. The summed E-state index contributed by atoms with van der Waals surface area (Å²) in [6, 6.07) is 14.2. The molecule has 0 unspecified atom stereocenters. The number of anilines is 1. The van der Waals surface area contributed by atoms with Gasteiger partial charge in [0, 0.05) is 56.4 Å². The Hall–Kier alpha value is -2.71. The molecule has 4 rings (SSSR count). The SMILES string of the molecule is CCCc1nc(CN2CCN(c3ccccn3)CC2)c(C(=O)OC)n1Cc1ccc(Br)cc1. The molecule has 3 aromatic rings. The second-order valence-electron chi connectivity index (χ2n) is 8.23. The fourth-order valence-electron chi connectivity index (χ4n) is 4.23. The molecule has 0 bridgehead atoms. The summed E-state index contributed by atoms with van der Waals surface area (Å²) in [6.45, 7) is 6.92. The van der Waals surface area contributed by atoms with Crippen molar-refractivity contribution in [1.29, 1.82) is 0 Å². The number of carbonyl (C=O) groups is 1. The van der Waals surface area contributed by atoms with Crippen LogP contribution in [0.3, 0.4) is 0 Å². The van der Waals surface area contributed by atoms with Crippen molar-refractivity contribution >= 4 is 27.7 Å². The third-order valence-corrected chi connectivity index (χ3v) is 6.47. The van der Waals surface area contributed by atoms with Gasteiger partial charge in [0.05, 0.1) is 12.8 Å². The number of esters is 1. The van der Waals surface area contributed by atoms with Crippen LogP contribution in [0.25, 0.3) is 0 Å². The fourth-order valence-corrected chi connectivity index (χ4v) is 4.50. The van der Waals surface area contributed by atoms with Crippen LogP contribution >= 0.6 is 15.9 Å². The molecule has 1 fully saturated rings. The molecule has 174 valence electrons. The third-order valence-electron chi connectivity index (χ3n) is 5.94. The molecule has 1 aromatic carbocycles. The second kappa shape index (κ2) is 10.9. The van der Waals surface area contributed by atoms with E-state index in [1.807, 2.05) is 41.1 Å². The van der Waals surface area contributed by atoms with E-state index in [1.165, 1.54) is 7.11 Å². The summed E-state index contributed by atoms with van der Waals surface area (Å²) >= 11 is 3.49. The lowest BCUT2D eigenvalue weighted by Gasteiger charge is -2.35. The van der Waals surface area contributed by atoms with Gasteiger partial charge in [-0.05, 0) is 36.2 Å². The van der Waals surface area contributed by atoms with Gasteiger partial charge < -0.3 is 14.2 Å². The fraction of sp³-hybridized carbons (Fsp3) is 0.400. The summed E-state index contributed by atoms with van der Waals surface area (Å²) in [4.78, 5) is 26.9. The number of methoxy groups -OCH3 is 1. The molecule has 0 radical (unpaired) electrons. The summed E-state index contributed by atoms with van der Waals surface area (Å²) in [5.74, 6) is 1.61. The minimum atomic E-state index is -0.330. The zero-order chi connectivity index (χ0) is 23.2. The van der Waals surface area contributed by atoms with E-state index in [9.17, 15) is 4.79 Å². The highest BCUT2D eigenvalue weighted by Crippen LogP contribution is 2.21. The minimum absolute atomic E-state index is 0.330. The van der Waals surface area contributed by atoms with E-state index >= 15 is 0 Å². The van der Waals surface area contributed by atoms with Gasteiger partial charge in [0.15, 0.2) is 5.69 Å². The second-order valence-corrected chi connectivity index (χ2v) is 9.14. The number of aromatic nitrogens is 3. The van der Waals surface area contributed by atoms with Crippen LogP contribution in [0, 0.1) is 0 Å². The molecular formula is C25H30BrN5O2. The van der Waals surface area contributed by atoms with Gasteiger partial charge in [-0.25, -0.2) is 14.8 Å². The first-order valence-corrected chi connectivity index (χ1v) is 12.2. The Morgan fingerprint density at radius 2 is 1.82 bits per heavy atom. The minimum Gasteiger partial charge on any atom is -0.464 e. The van der Waals surface area contributed by atoms with Crippen molar-refractivity contribution < 1.29 is 9.53 Å². The van der Waals surface area contributed by atoms with Crippen molar-refractivity contribution in [2.75, 3.05) is 38.2 Å². The topological polar surface area (TPSA) is 63.5 Å². The molecule has 8 heteroatoms. The predicted molar refractivity (Wildman–Crippen MR) is 133 cm³/mol. The number of carbonyl (C=O) groups excluding carboxylic acids is 1. The highest BCUT2D eigenvalue weighted by molar-refractivity contribution is 9.10.